The maximum Gasteiger partial charge on any atom is 0.124 e. The van der Waals surface area contributed by atoms with Crippen LogP contribution in [0.1, 0.15) is 24.1 Å². The first-order valence-electron chi connectivity index (χ1n) is 7.12. The fourth-order valence-corrected chi connectivity index (χ4v) is 2.55. The molecule has 0 aromatic heterocycles. The highest BCUT2D eigenvalue weighted by Crippen LogP contribution is 2.35. The Bertz CT molecular complexity index is 552. The van der Waals surface area contributed by atoms with Crippen molar-refractivity contribution in [2.45, 2.75) is 19.5 Å². The Balaban J connectivity index is 2.25. The lowest BCUT2D eigenvalue weighted by Gasteiger charge is -2.30. The highest BCUT2D eigenvalue weighted by molar-refractivity contribution is 5.45. The molecule has 2 rings (SSSR count). The van der Waals surface area contributed by atoms with Gasteiger partial charge in [-0.25, -0.2) is 0 Å². The van der Waals surface area contributed by atoms with Crippen LogP contribution >= 0.6 is 0 Å². The number of hydrogen-bond donors (Lipinski definition) is 3. The summed E-state index contributed by atoms with van der Waals surface area (Å²) in [5, 5.41) is 20.1. The SMILES string of the molecule is CC(c1c(O)cccc1O)N(CCN)Cc1ccccc1. The van der Waals surface area contributed by atoms with Crippen LogP contribution in [0.4, 0.5) is 0 Å². The molecule has 4 N–H and O–H groups in total. The molecule has 112 valence electrons. The second-order valence-electron chi connectivity index (χ2n) is 5.13. The van der Waals surface area contributed by atoms with Gasteiger partial charge in [0.25, 0.3) is 0 Å². The van der Waals surface area contributed by atoms with Crippen LogP contribution in [0.25, 0.3) is 0 Å². The third-order valence-electron chi connectivity index (χ3n) is 3.67. The number of nitrogens with two attached hydrogens (primary N) is 1. The van der Waals surface area contributed by atoms with Gasteiger partial charge in [0.15, 0.2) is 0 Å². The molecule has 0 radical (unpaired) electrons. The largest absolute Gasteiger partial charge is 0.507 e. The van der Waals surface area contributed by atoms with Crippen molar-refractivity contribution in [3.63, 3.8) is 0 Å². The maximum atomic E-state index is 10.0. The quantitative estimate of drug-likeness (QED) is 0.763. The Hall–Kier alpha value is -2.04. The van der Waals surface area contributed by atoms with Gasteiger partial charge in [-0.1, -0.05) is 36.4 Å². The zero-order chi connectivity index (χ0) is 15.2. The van der Waals surface area contributed by atoms with Crippen LogP contribution in [-0.2, 0) is 6.54 Å². The molecule has 0 heterocycles. The van der Waals surface area contributed by atoms with E-state index < -0.39 is 0 Å². The predicted molar refractivity (Wildman–Crippen MR) is 84.1 cm³/mol. The van der Waals surface area contributed by atoms with Gasteiger partial charge in [0.2, 0.25) is 0 Å². The van der Waals surface area contributed by atoms with Gasteiger partial charge in [-0.2, -0.15) is 0 Å². The molecule has 0 amide bonds. The van der Waals surface area contributed by atoms with Crippen molar-refractivity contribution >= 4 is 0 Å². The monoisotopic (exact) mass is 286 g/mol. The van der Waals surface area contributed by atoms with Gasteiger partial charge < -0.3 is 15.9 Å². The van der Waals surface area contributed by atoms with Gasteiger partial charge >= 0.3 is 0 Å². The van der Waals surface area contributed by atoms with Crippen LogP contribution in [0.2, 0.25) is 0 Å². The molecule has 2 aromatic carbocycles. The van der Waals surface area contributed by atoms with E-state index in [1.54, 1.807) is 18.2 Å². The van der Waals surface area contributed by atoms with E-state index in [1.165, 1.54) is 5.56 Å². The zero-order valence-corrected chi connectivity index (χ0v) is 12.2. The normalized spacial score (nSPS) is 12.5. The van der Waals surface area contributed by atoms with Gasteiger partial charge in [0.05, 0.1) is 5.56 Å². The minimum Gasteiger partial charge on any atom is -0.507 e. The molecule has 0 saturated heterocycles. The van der Waals surface area contributed by atoms with Crippen LogP contribution in [-0.4, -0.2) is 28.2 Å². The van der Waals surface area contributed by atoms with Crippen molar-refractivity contribution in [1.29, 1.82) is 0 Å². The lowest BCUT2D eigenvalue weighted by Crippen LogP contribution is -2.31. The summed E-state index contributed by atoms with van der Waals surface area (Å²) in [6.07, 6.45) is 0. The van der Waals surface area contributed by atoms with Crippen molar-refractivity contribution in [2.75, 3.05) is 13.1 Å². The Labute approximate surface area is 125 Å². The fraction of sp³-hybridized carbons (Fsp3) is 0.294. The van der Waals surface area contributed by atoms with Crippen LogP contribution in [0.15, 0.2) is 48.5 Å². The van der Waals surface area contributed by atoms with E-state index in [1.807, 2.05) is 25.1 Å². The first-order valence-corrected chi connectivity index (χ1v) is 7.12. The fourth-order valence-electron chi connectivity index (χ4n) is 2.55. The summed E-state index contributed by atoms with van der Waals surface area (Å²) in [5.41, 5.74) is 7.43. The average Bonchev–Trinajstić information content (AvgIpc) is 2.47. The van der Waals surface area contributed by atoms with E-state index in [2.05, 4.69) is 17.0 Å². The molecule has 0 saturated carbocycles. The number of rotatable bonds is 6. The number of phenols is 2. The lowest BCUT2D eigenvalue weighted by atomic mass is 10.0. The third kappa shape index (κ3) is 3.74. The maximum absolute atomic E-state index is 10.0. The van der Waals surface area contributed by atoms with Gasteiger partial charge in [-0.15, -0.1) is 0 Å². The molecule has 0 aliphatic carbocycles. The molecule has 21 heavy (non-hydrogen) atoms. The summed E-state index contributed by atoms with van der Waals surface area (Å²) >= 11 is 0. The van der Waals surface area contributed by atoms with Crippen molar-refractivity contribution in [3.05, 3.63) is 59.7 Å². The topological polar surface area (TPSA) is 69.7 Å². The molecule has 1 atom stereocenters. The van der Waals surface area contributed by atoms with E-state index in [0.717, 1.165) is 0 Å². The number of nitrogens with zero attached hydrogens (tertiary/aromatic N) is 1. The molecule has 0 bridgehead atoms. The minimum absolute atomic E-state index is 0.109. The number of hydrogen-bond acceptors (Lipinski definition) is 4. The predicted octanol–water partition coefficient (Wildman–Crippen LogP) is 2.62. The third-order valence-corrected chi connectivity index (χ3v) is 3.67. The van der Waals surface area contributed by atoms with Gasteiger partial charge in [-0.05, 0) is 24.6 Å². The van der Waals surface area contributed by atoms with Gasteiger partial charge in [0, 0.05) is 25.7 Å². The van der Waals surface area contributed by atoms with Crippen LogP contribution in [0.3, 0.4) is 0 Å². The number of phenolic OH excluding ortho intramolecular Hbond substituents is 2. The van der Waals surface area contributed by atoms with E-state index in [4.69, 9.17) is 5.73 Å². The highest BCUT2D eigenvalue weighted by Gasteiger charge is 2.21. The minimum atomic E-state index is -0.130. The van der Waals surface area contributed by atoms with Crippen LogP contribution in [0.5, 0.6) is 11.5 Å². The zero-order valence-electron chi connectivity index (χ0n) is 12.2. The number of benzene rings is 2. The standard InChI is InChI=1S/C17H22N2O2/c1-13(17-15(20)8-5-9-16(17)21)19(11-10-18)12-14-6-3-2-4-7-14/h2-9,13,20-21H,10-12,18H2,1H3. The summed E-state index contributed by atoms with van der Waals surface area (Å²) in [5.74, 6) is 0.218. The molecule has 2 aromatic rings. The summed E-state index contributed by atoms with van der Waals surface area (Å²) in [4.78, 5) is 2.14. The molecular formula is C17H22N2O2. The summed E-state index contributed by atoms with van der Waals surface area (Å²) in [6, 6.07) is 14.8. The van der Waals surface area contributed by atoms with E-state index in [9.17, 15) is 10.2 Å². The smallest absolute Gasteiger partial charge is 0.124 e. The van der Waals surface area contributed by atoms with E-state index in [0.29, 0.717) is 25.2 Å². The summed E-state index contributed by atoms with van der Waals surface area (Å²) < 4.78 is 0. The number of aromatic hydroxyl groups is 2. The second-order valence-corrected chi connectivity index (χ2v) is 5.13. The molecule has 4 nitrogen and oxygen atoms in total. The Kier molecular flexibility index (Phi) is 5.20. The Morgan fingerprint density at radius 3 is 2.19 bits per heavy atom. The highest BCUT2D eigenvalue weighted by atomic mass is 16.3. The molecular weight excluding hydrogens is 264 g/mol. The van der Waals surface area contributed by atoms with Gasteiger partial charge in [-0.3, -0.25) is 4.90 Å². The van der Waals surface area contributed by atoms with Gasteiger partial charge in [0.1, 0.15) is 11.5 Å². The van der Waals surface area contributed by atoms with Crippen LogP contribution < -0.4 is 5.73 Å². The van der Waals surface area contributed by atoms with Crippen LogP contribution in [0, 0.1) is 0 Å². The molecule has 4 heteroatoms. The summed E-state index contributed by atoms with van der Waals surface area (Å²) in [6.45, 7) is 3.88. The molecule has 0 spiro atoms. The molecule has 1 unspecified atom stereocenters. The van der Waals surface area contributed by atoms with Crippen molar-refractivity contribution in [2.24, 2.45) is 5.73 Å². The van der Waals surface area contributed by atoms with Crippen molar-refractivity contribution in [1.82, 2.24) is 4.90 Å². The average molecular weight is 286 g/mol. The van der Waals surface area contributed by atoms with Crippen molar-refractivity contribution < 1.29 is 10.2 Å². The van der Waals surface area contributed by atoms with Crippen molar-refractivity contribution in [3.8, 4) is 11.5 Å². The molecule has 0 aliphatic heterocycles. The first-order chi connectivity index (χ1) is 10.1. The second kappa shape index (κ2) is 7.11. The Morgan fingerprint density at radius 1 is 1.00 bits per heavy atom. The summed E-state index contributed by atoms with van der Waals surface area (Å²) in [7, 11) is 0. The molecule has 0 fully saturated rings. The van der Waals surface area contributed by atoms with E-state index in [-0.39, 0.29) is 17.5 Å². The van der Waals surface area contributed by atoms with E-state index >= 15 is 0 Å². The first kappa shape index (κ1) is 15.4. The Morgan fingerprint density at radius 2 is 1.62 bits per heavy atom. The molecule has 0 aliphatic rings. The lowest BCUT2D eigenvalue weighted by molar-refractivity contribution is 0.200.